The summed E-state index contributed by atoms with van der Waals surface area (Å²) in [6.45, 7) is 4.00. The van der Waals surface area contributed by atoms with Crippen molar-refractivity contribution in [3.63, 3.8) is 0 Å². The van der Waals surface area contributed by atoms with Gasteiger partial charge < -0.3 is 12.4 Å². The zero-order chi connectivity index (χ0) is 11.8. The average Bonchev–Trinajstić information content (AvgIpc) is 2.42. The molecule has 0 aliphatic rings. The first-order chi connectivity index (χ1) is 7.88. The second-order valence-corrected chi connectivity index (χ2v) is 6.55. The Hall–Kier alpha value is -0.178. The molecule has 0 aromatic heterocycles. The first-order valence-electron chi connectivity index (χ1n) is 5.41. The van der Waals surface area contributed by atoms with Gasteiger partial charge in [0.15, 0.2) is 0 Å². The van der Waals surface area contributed by atoms with Crippen molar-refractivity contribution >= 4 is 16.7 Å². The van der Waals surface area contributed by atoms with Gasteiger partial charge in [-0.15, -0.1) is 0 Å². The van der Waals surface area contributed by atoms with Crippen LogP contribution in [-0.4, -0.2) is 0 Å². The third-order valence-corrected chi connectivity index (χ3v) is 5.78. The van der Waals surface area contributed by atoms with Gasteiger partial charge in [0.1, 0.15) is 0 Å². The van der Waals surface area contributed by atoms with Gasteiger partial charge in [0.25, 0.3) is 0 Å². The zero-order valence-electron chi connectivity index (χ0n) is 9.91. The zero-order valence-corrected chi connectivity index (χ0v) is 13.1. The normalized spacial score (nSPS) is 9.00. The molecule has 94 valence electrons. The van der Waals surface area contributed by atoms with Gasteiger partial charge in [0.2, 0.25) is 0 Å². The summed E-state index contributed by atoms with van der Waals surface area (Å²) in [5.41, 5.74) is 0. The summed E-state index contributed by atoms with van der Waals surface area (Å²) in [4.78, 5) is 0. The van der Waals surface area contributed by atoms with Gasteiger partial charge in [-0.1, -0.05) is 13.8 Å². The fourth-order valence-electron chi connectivity index (χ4n) is 1.25. The van der Waals surface area contributed by atoms with Crippen LogP contribution in [0.1, 0.15) is 13.8 Å². The van der Waals surface area contributed by atoms with E-state index in [0.29, 0.717) is 0 Å². The van der Waals surface area contributed by atoms with Crippen LogP contribution in [-0.2, 0) is 18.7 Å². The van der Waals surface area contributed by atoms with E-state index < -0.39 is 0 Å². The van der Waals surface area contributed by atoms with Crippen LogP contribution in [0.25, 0.3) is 0 Å². The minimum atomic E-state index is -0.321. The second-order valence-electron chi connectivity index (χ2n) is 2.92. The summed E-state index contributed by atoms with van der Waals surface area (Å²) in [7, 11) is 0. The van der Waals surface area contributed by atoms with E-state index in [1.807, 2.05) is 13.8 Å². The summed E-state index contributed by atoms with van der Waals surface area (Å²) < 4.78 is 0. The molecular weight excluding hydrogens is 341 g/mol. The van der Waals surface area contributed by atoms with Crippen LogP contribution in [0.4, 0.5) is 0 Å². The summed E-state index contributed by atoms with van der Waals surface area (Å²) in [6, 6.07) is 21.1. The molecule has 0 fully saturated rings. The van der Waals surface area contributed by atoms with E-state index in [1.54, 1.807) is 0 Å². The van der Waals surface area contributed by atoms with Gasteiger partial charge in [-0.05, 0) is 0 Å². The predicted molar refractivity (Wildman–Crippen MR) is 70.4 cm³/mol. The first kappa shape index (κ1) is 16.8. The summed E-state index contributed by atoms with van der Waals surface area (Å²) in [5, 5.41) is 2.74. The molecule has 2 aromatic carbocycles. The molecule has 0 aliphatic heterocycles. The van der Waals surface area contributed by atoms with Crippen LogP contribution in [0.5, 0.6) is 0 Å². The molecule has 2 aromatic rings. The van der Waals surface area contributed by atoms with Crippen molar-refractivity contribution in [2.24, 2.45) is 0 Å². The number of rotatable bonds is 2. The molecule has 0 N–H and O–H groups in total. The molecule has 0 bridgehead atoms. The molecule has 17 heavy (non-hydrogen) atoms. The van der Waals surface area contributed by atoms with Crippen molar-refractivity contribution in [1.29, 1.82) is 0 Å². The Morgan fingerprint density at radius 3 is 1.29 bits per heavy atom. The monoisotopic (exact) mass is 356 g/mol. The maximum atomic E-state index is 3.47. The SMILES string of the molecule is CC.[Cl-].[Pd+][P](c1ccccc1)c1ccccc1. The molecule has 0 heterocycles. The minimum absolute atomic E-state index is 0. The van der Waals surface area contributed by atoms with Gasteiger partial charge in [-0.2, -0.15) is 0 Å². The van der Waals surface area contributed by atoms with Gasteiger partial charge in [-0.25, -0.2) is 0 Å². The van der Waals surface area contributed by atoms with Crippen molar-refractivity contribution in [2.75, 3.05) is 0 Å². The Balaban J connectivity index is 0.000000811. The van der Waals surface area contributed by atoms with Gasteiger partial charge in [0.05, 0.1) is 0 Å². The molecule has 3 heteroatoms. The Morgan fingerprint density at radius 2 is 1.00 bits per heavy atom. The van der Waals surface area contributed by atoms with Crippen LogP contribution in [0.15, 0.2) is 60.7 Å². The van der Waals surface area contributed by atoms with E-state index in [9.17, 15) is 0 Å². The van der Waals surface area contributed by atoms with Crippen molar-refractivity contribution in [3.8, 4) is 0 Å². The number of benzene rings is 2. The summed E-state index contributed by atoms with van der Waals surface area (Å²) >= 11 is 3.47. The molecule has 0 saturated heterocycles. The molecular formula is C14H16ClPPd. The van der Waals surface area contributed by atoms with Crippen molar-refractivity contribution in [1.82, 2.24) is 0 Å². The Labute approximate surface area is 122 Å². The van der Waals surface area contributed by atoms with Crippen molar-refractivity contribution in [3.05, 3.63) is 60.7 Å². The van der Waals surface area contributed by atoms with Crippen molar-refractivity contribution in [2.45, 2.75) is 13.8 Å². The van der Waals surface area contributed by atoms with E-state index in [1.165, 1.54) is 10.6 Å². The van der Waals surface area contributed by atoms with Gasteiger partial charge in [0, 0.05) is 0 Å². The molecule has 0 aliphatic carbocycles. The average molecular weight is 357 g/mol. The van der Waals surface area contributed by atoms with Crippen LogP contribution in [0.3, 0.4) is 0 Å². The van der Waals surface area contributed by atoms with E-state index in [4.69, 9.17) is 0 Å². The fraction of sp³-hybridized carbons (Fsp3) is 0.143. The van der Waals surface area contributed by atoms with Crippen molar-refractivity contribution < 1.29 is 31.1 Å². The Bertz CT molecular complexity index is 352. The molecule has 0 nitrogen and oxygen atoms in total. The first-order valence-corrected chi connectivity index (χ1v) is 8.67. The third-order valence-electron chi connectivity index (χ3n) is 1.93. The summed E-state index contributed by atoms with van der Waals surface area (Å²) in [5.74, 6) is 0. The maximum absolute atomic E-state index is 3.47. The van der Waals surface area contributed by atoms with Gasteiger partial charge in [-0.3, -0.25) is 0 Å². The van der Waals surface area contributed by atoms with E-state index in [2.05, 4.69) is 79.4 Å². The predicted octanol–water partition coefficient (Wildman–Crippen LogP) is 0.611. The molecule has 0 spiro atoms. The Kier molecular flexibility index (Phi) is 9.71. The quantitative estimate of drug-likeness (QED) is 0.546. The molecule has 0 radical (unpaired) electrons. The Morgan fingerprint density at radius 1 is 0.706 bits per heavy atom. The number of halogens is 1. The van der Waals surface area contributed by atoms with E-state index >= 15 is 0 Å². The van der Waals surface area contributed by atoms with Crippen LogP contribution < -0.4 is 23.0 Å². The molecule has 0 amide bonds. The van der Waals surface area contributed by atoms with Crippen LogP contribution in [0.2, 0.25) is 0 Å². The topological polar surface area (TPSA) is 0 Å². The van der Waals surface area contributed by atoms with E-state index in [0.717, 1.165) is 0 Å². The second kappa shape index (κ2) is 9.81. The fourth-order valence-corrected chi connectivity index (χ4v) is 3.77. The van der Waals surface area contributed by atoms with Crippen LogP contribution >= 0.6 is 6.11 Å². The molecule has 0 unspecified atom stereocenters. The standard InChI is InChI=1S/C12H10P.C2H6.ClH.Pd/c1-3-7-11(8-4-1)13-12-9-5-2-6-10-12;1-2;;/h1-10H;1-2H3;1H;/q-1;;;+2/p-1. The third kappa shape index (κ3) is 5.33. The van der Waals surface area contributed by atoms with Crippen LogP contribution in [0, 0.1) is 0 Å². The van der Waals surface area contributed by atoms with E-state index in [-0.39, 0.29) is 18.5 Å². The molecule has 0 atom stereocenters. The molecule has 0 saturated carbocycles. The van der Waals surface area contributed by atoms with Gasteiger partial charge >= 0.3 is 96.1 Å². The summed E-state index contributed by atoms with van der Waals surface area (Å²) in [6.07, 6.45) is -0.321. The molecule has 2 rings (SSSR count). The number of hydrogen-bond donors (Lipinski definition) is 0. The number of hydrogen-bond acceptors (Lipinski definition) is 0.